The highest BCUT2D eigenvalue weighted by Crippen LogP contribution is 2.30. The van der Waals surface area contributed by atoms with Crippen LogP contribution in [0.2, 0.25) is 24.2 Å². The van der Waals surface area contributed by atoms with Gasteiger partial charge in [0.15, 0.2) is 0 Å². The summed E-state index contributed by atoms with van der Waals surface area (Å²) in [5.41, 5.74) is 0.971. The molecular formula is C10H24Si. The maximum Gasteiger partial charge on any atom is 0.0527 e. The Labute approximate surface area is 73.4 Å². The molecule has 1 unspecified atom stereocenters. The summed E-state index contributed by atoms with van der Waals surface area (Å²) in [6.45, 7) is 12.1. The van der Waals surface area contributed by atoms with Crippen molar-refractivity contribution in [3.63, 3.8) is 0 Å². The third kappa shape index (κ3) is 3.41. The van der Waals surface area contributed by atoms with Gasteiger partial charge in [0, 0.05) is 0 Å². The Morgan fingerprint density at radius 1 is 1.18 bits per heavy atom. The first kappa shape index (κ1) is 11.2. The Balaban J connectivity index is 3.88. The van der Waals surface area contributed by atoms with Crippen molar-refractivity contribution in [1.29, 1.82) is 0 Å². The number of hydrogen-bond donors (Lipinski definition) is 0. The highest BCUT2D eigenvalue weighted by atomic mass is 28.3. The molecule has 1 heteroatoms. The van der Waals surface area contributed by atoms with Gasteiger partial charge in [0.2, 0.25) is 0 Å². The molecule has 68 valence electrons. The number of unbranched alkanes of at least 4 members (excludes halogenated alkanes) is 1. The van der Waals surface area contributed by atoms with E-state index in [0.29, 0.717) is 0 Å². The Hall–Kier alpha value is 0.217. The molecule has 0 heterocycles. The van der Waals surface area contributed by atoms with Crippen molar-refractivity contribution < 1.29 is 0 Å². The molecule has 0 spiro atoms. The average molecular weight is 172 g/mol. The summed E-state index contributed by atoms with van der Waals surface area (Å²) in [6, 6.07) is 3.00. The first-order valence-corrected chi connectivity index (χ1v) is 8.06. The molecule has 0 aliphatic rings. The van der Waals surface area contributed by atoms with Gasteiger partial charge in [-0.3, -0.25) is 0 Å². The Bertz CT molecular complexity index is 99.0. The smallest absolute Gasteiger partial charge is 0.0527 e. The lowest BCUT2D eigenvalue weighted by molar-refractivity contribution is 0.837. The fourth-order valence-corrected chi connectivity index (χ4v) is 4.36. The predicted molar refractivity (Wildman–Crippen MR) is 56.9 cm³/mol. The molecule has 0 aromatic rings. The number of hydrogen-bond acceptors (Lipinski definition) is 0. The maximum absolute atomic E-state index is 2.56. The minimum absolute atomic E-state index is 0.822. The molecular weight excluding hydrogens is 148 g/mol. The van der Waals surface area contributed by atoms with E-state index in [1.54, 1.807) is 0 Å². The SMILES string of the molecule is CCCC[Si](C)(CC)C(C)C. The number of rotatable bonds is 5. The van der Waals surface area contributed by atoms with Gasteiger partial charge in [-0.05, 0) is 0 Å². The molecule has 0 bridgehead atoms. The minimum Gasteiger partial charge on any atom is -0.0690 e. The van der Waals surface area contributed by atoms with E-state index in [-0.39, 0.29) is 0 Å². The summed E-state index contributed by atoms with van der Waals surface area (Å²) in [6.07, 6.45) is 2.82. The fraction of sp³-hybridized carbons (Fsp3) is 1.00. The summed E-state index contributed by atoms with van der Waals surface area (Å²) in [5.74, 6) is 0. The van der Waals surface area contributed by atoms with Crippen LogP contribution in [0, 0.1) is 0 Å². The molecule has 0 aromatic heterocycles. The fourth-order valence-electron chi connectivity index (χ4n) is 1.45. The van der Waals surface area contributed by atoms with E-state index in [1.165, 1.54) is 24.9 Å². The topological polar surface area (TPSA) is 0 Å². The van der Waals surface area contributed by atoms with E-state index in [2.05, 4.69) is 34.2 Å². The van der Waals surface area contributed by atoms with Crippen molar-refractivity contribution in [2.45, 2.75) is 64.7 Å². The monoisotopic (exact) mass is 172 g/mol. The van der Waals surface area contributed by atoms with Crippen molar-refractivity contribution in [2.75, 3.05) is 0 Å². The second kappa shape index (κ2) is 4.97. The van der Waals surface area contributed by atoms with Crippen LogP contribution in [0.4, 0.5) is 0 Å². The van der Waals surface area contributed by atoms with Gasteiger partial charge in [0.05, 0.1) is 8.07 Å². The summed E-state index contributed by atoms with van der Waals surface area (Å²) in [7, 11) is -0.822. The van der Waals surface area contributed by atoms with Gasteiger partial charge >= 0.3 is 0 Å². The van der Waals surface area contributed by atoms with Crippen molar-refractivity contribution in [3.8, 4) is 0 Å². The molecule has 0 N–H and O–H groups in total. The summed E-state index contributed by atoms with van der Waals surface area (Å²) >= 11 is 0. The molecule has 0 radical (unpaired) electrons. The van der Waals surface area contributed by atoms with Crippen molar-refractivity contribution >= 4 is 8.07 Å². The van der Waals surface area contributed by atoms with Gasteiger partial charge in [-0.15, -0.1) is 0 Å². The molecule has 0 saturated heterocycles. The van der Waals surface area contributed by atoms with E-state index in [9.17, 15) is 0 Å². The van der Waals surface area contributed by atoms with Crippen molar-refractivity contribution in [1.82, 2.24) is 0 Å². The zero-order valence-corrected chi connectivity index (χ0v) is 9.91. The van der Waals surface area contributed by atoms with Gasteiger partial charge in [0.25, 0.3) is 0 Å². The van der Waals surface area contributed by atoms with Crippen molar-refractivity contribution in [2.24, 2.45) is 0 Å². The highest BCUT2D eigenvalue weighted by Gasteiger charge is 2.27. The molecule has 0 amide bonds. The Morgan fingerprint density at radius 3 is 2.00 bits per heavy atom. The minimum atomic E-state index is -0.822. The second-order valence-corrected chi connectivity index (χ2v) is 9.94. The van der Waals surface area contributed by atoms with Crippen LogP contribution in [0.25, 0.3) is 0 Å². The lowest BCUT2D eigenvalue weighted by Crippen LogP contribution is -2.32. The normalized spacial score (nSPS) is 16.9. The standard InChI is InChI=1S/C10H24Si/c1-6-8-9-11(5,7-2)10(3)4/h10H,6-9H2,1-5H3. The molecule has 11 heavy (non-hydrogen) atoms. The van der Waals surface area contributed by atoms with Gasteiger partial charge in [0.1, 0.15) is 0 Å². The van der Waals surface area contributed by atoms with E-state index in [0.717, 1.165) is 5.54 Å². The quantitative estimate of drug-likeness (QED) is 0.543. The van der Waals surface area contributed by atoms with E-state index in [1.807, 2.05) is 0 Å². The first-order chi connectivity index (χ1) is 5.06. The van der Waals surface area contributed by atoms with Crippen LogP contribution in [0.1, 0.15) is 40.5 Å². The van der Waals surface area contributed by atoms with Crippen LogP contribution < -0.4 is 0 Å². The third-order valence-electron chi connectivity index (χ3n) is 3.30. The molecule has 0 aromatic carbocycles. The van der Waals surface area contributed by atoms with Crippen LogP contribution in [-0.2, 0) is 0 Å². The zero-order valence-electron chi connectivity index (χ0n) is 8.91. The summed E-state index contributed by atoms with van der Waals surface area (Å²) in [4.78, 5) is 0. The predicted octanol–water partition coefficient (Wildman–Crippen LogP) is 4.30. The van der Waals surface area contributed by atoms with E-state index >= 15 is 0 Å². The maximum atomic E-state index is 2.56. The van der Waals surface area contributed by atoms with E-state index in [4.69, 9.17) is 0 Å². The molecule has 0 rings (SSSR count). The lowest BCUT2D eigenvalue weighted by Gasteiger charge is -2.30. The second-order valence-electron chi connectivity index (χ2n) is 4.27. The lowest BCUT2D eigenvalue weighted by atomic mass is 10.4. The average Bonchev–Trinajstić information content (AvgIpc) is 2.00. The molecule has 0 aliphatic carbocycles. The molecule has 0 nitrogen and oxygen atoms in total. The van der Waals surface area contributed by atoms with Crippen LogP contribution >= 0.6 is 0 Å². The van der Waals surface area contributed by atoms with Gasteiger partial charge in [-0.25, -0.2) is 0 Å². The highest BCUT2D eigenvalue weighted by molar-refractivity contribution is 6.79. The summed E-state index contributed by atoms with van der Waals surface area (Å²) < 4.78 is 0. The Kier molecular flexibility index (Phi) is 5.07. The van der Waals surface area contributed by atoms with Crippen LogP contribution in [0.15, 0.2) is 0 Å². The van der Waals surface area contributed by atoms with Gasteiger partial charge in [-0.1, -0.05) is 64.7 Å². The van der Waals surface area contributed by atoms with Crippen molar-refractivity contribution in [3.05, 3.63) is 0 Å². The van der Waals surface area contributed by atoms with Crippen LogP contribution in [0.3, 0.4) is 0 Å². The molecule has 1 atom stereocenters. The largest absolute Gasteiger partial charge is 0.0690 e. The van der Waals surface area contributed by atoms with Crippen LogP contribution in [-0.4, -0.2) is 8.07 Å². The summed E-state index contributed by atoms with van der Waals surface area (Å²) in [5, 5.41) is 0. The first-order valence-electron chi connectivity index (χ1n) is 5.06. The molecule has 0 aliphatic heterocycles. The molecule has 0 fully saturated rings. The van der Waals surface area contributed by atoms with Gasteiger partial charge in [-0.2, -0.15) is 0 Å². The zero-order chi connectivity index (χ0) is 8.91. The Morgan fingerprint density at radius 2 is 1.73 bits per heavy atom. The third-order valence-corrected chi connectivity index (χ3v) is 9.20. The molecule has 0 saturated carbocycles. The van der Waals surface area contributed by atoms with Crippen LogP contribution in [0.5, 0.6) is 0 Å². The van der Waals surface area contributed by atoms with E-state index < -0.39 is 8.07 Å². The van der Waals surface area contributed by atoms with Gasteiger partial charge < -0.3 is 0 Å².